The highest BCUT2D eigenvalue weighted by Gasteiger charge is 2.69. The fraction of sp³-hybridized carbons (Fsp3) is 0.810. The number of allylic oxidation sites excluding steroid dienone is 1. The molecule has 0 unspecified atom stereocenters. The molecule has 144 valence electrons. The van der Waals surface area contributed by atoms with E-state index in [1.54, 1.807) is 0 Å². The van der Waals surface area contributed by atoms with Gasteiger partial charge < -0.3 is 9.84 Å². The van der Waals surface area contributed by atoms with Crippen molar-refractivity contribution in [2.45, 2.75) is 76.3 Å². The molecule has 4 aliphatic carbocycles. The summed E-state index contributed by atoms with van der Waals surface area (Å²) < 4.78 is 5.52. The molecule has 7 atom stereocenters. The van der Waals surface area contributed by atoms with E-state index in [2.05, 4.69) is 29.8 Å². The highest BCUT2D eigenvalue weighted by Crippen LogP contribution is 2.68. The molecule has 0 aliphatic heterocycles. The van der Waals surface area contributed by atoms with Crippen LogP contribution < -0.4 is 0 Å². The predicted octanol–water partition coefficient (Wildman–Crippen LogP) is 4.14. The lowest BCUT2D eigenvalue weighted by Gasteiger charge is -2.58. The Morgan fingerprint density at radius 3 is 2.65 bits per heavy atom. The van der Waals surface area contributed by atoms with Gasteiger partial charge in [0, 0.05) is 18.8 Å². The van der Waals surface area contributed by atoms with Crippen molar-refractivity contribution in [1.29, 1.82) is 0 Å². The van der Waals surface area contributed by atoms with Crippen LogP contribution >= 0.6 is 15.9 Å². The van der Waals surface area contributed by atoms with Gasteiger partial charge in [-0.25, -0.2) is 0 Å². The summed E-state index contributed by atoms with van der Waals surface area (Å²) in [6.07, 6.45) is 8.27. The van der Waals surface area contributed by atoms with Gasteiger partial charge in [-0.2, -0.15) is 0 Å². The molecule has 3 fully saturated rings. The van der Waals surface area contributed by atoms with Crippen molar-refractivity contribution >= 4 is 27.7 Å². The average Bonchev–Trinajstić information content (AvgIpc) is 2.75. The number of aliphatic hydroxyl groups is 1. The molecule has 0 spiro atoms. The third kappa shape index (κ3) is 2.35. The molecule has 0 aromatic heterocycles. The van der Waals surface area contributed by atoms with Gasteiger partial charge in [-0.3, -0.25) is 9.59 Å². The number of halogens is 1. The van der Waals surface area contributed by atoms with Crippen LogP contribution in [-0.4, -0.2) is 27.5 Å². The Morgan fingerprint density at radius 1 is 1.23 bits per heavy atom. The Morgan fingerprint density at radius 2 is 1.96 bits per heavy atom. The quantitative estimate of drug-likeness (QED) is 0.390. The van der Waals surface area contributed by atoms with Crippen LogP contribution in [-0.2, 0) is 14.3 Å². The predicted molar refractivity (Wildman–Crippen MR) is 102 cm³/mol. The number of ketones is 1. The zero-order valence-corrected chi connectivity index (χ0v) is 17.5. The fourth-order valence-electron chi connectivity index (χ4n) is 6.90. The van der Waals surface area contributed by atoms with Gasteiger partial charge in [-0.15, -0.1) is 0 Å². The number of esters is 1. The topological polar surface area (TPSA) is 63.6 Å². The van der Waals surface area contributed by atoms with Gasteiger partial charge in [0.1, 0.15) is 0 Å². The molecule has 0 heterocycles. The molecule has 0 aromatic carbocycles. The van der Waals surface area contributed by atoms with Crippen molar-refractivity contribution in [2.24, 2.45) is 28.6 Å². The first kappa shape index (κ1) is 18.7. The number of alkyl halides is 1. The SMILES string of the molecule is CC(=O)O[C@@]1(O)[C@H](Br)C[C@@H]2[C@H]3CCC4=CC(=O)CC[C@]4(C)[C@@H]3CC[C@@]21C. The molecule has 26 heavy (non-hydrogen) atoms. The molecule has 4 rings (SSSR count). The first-order chi connectivity index (χ1) is 12.1. The number of hydrogen-bond donors (Lipinski definition) is 1. The molecule has 0 radical (unpaired) electrons. The van der Waals surface area contributed by atoms with Crippen LogP contribution in [0.1, 0.15) is 65.7 Å². The molecule has 0 saturated heterocycles. The fourth-order valence-corrected chi connectivity index (χ4v) is 7.92. The minimum atomic E-state index is -1.44. The monoisotopic (exact) mass is 424 g/mol. The standard InChI is InChI=1S/C21H29BrO4/c1-12(23)26-21(25)18(22)11-17-15-5-4-13-10-14(24)6-8-19(13,2)16(15)7-9-20(17,21)3/h10,15-18,25H,4-9,11H2,1-3H3/t15-,16+,17+,18+,19-,20-,21-/m0/s1. The summed E-state index contributed by atoms with van der Waals surface area (Å²) in [5.74, 6) is -0.198. The zero-order valence-electron chi connectivity index (χ0n) is 15.9. The maximum atomic E-state index is 11.9. The van der Waals surface area contributed by atoms with E-state index in [-0.39, 0.29) is 16.0 Å². The average molecular weight is 425 g/mol. The van der Waals surface area contributed by atoms with Crippen LogP contribution in [0.4, 0.5) is 0 Å². The zero-order chi connectivity index (χ0) is 18.9. The maximum Gasteiger partial charge on any atom is 0.305 e. The normalized spacial score (nSPS) is 50.3. The second-order valence-electron chi connectivity index (χ2n) is 9.42. The first-order valence-electron chi connectivity index (χ1n) is 9.92. The van der Waals surface area contributed by atoms with E-state index in [0.717, 1.165) is 38.5 Å². The van der Waals surface area contributed by atoms with Gasteiger partial charge in [-0.05, 0) is 67.8 Å². The molecule has 0 amide bonds. The van der Waals surface area contributed by atoms with Crippen molar-refractivity contribution in [2.75, 3.05) is 0 Å². The van der Waals surface area contributed by atoms with E-state index in [4.69, 9.17) is 4.74 Å². The van der Waals surface area contributed by atoms with Crippen LogP contribution in [0.3, 0.4) is 0 Å². The number of fused-ring (bicyclic) bond motifs is 5. The summed E-state index contributed by atoms with van der Waals surface area (Å²) in [7, 11) is 0. The molecule has 4 nitrogen and oxygen atoms in total. The molecule has 1 N–H and O–H groups in total. The molecule has 0 bridgehead atoms. The van der Waals surface area contributed by atoms with Crippen molar-refractivity contribution in [1.82, 2.24) is 0 Å². The van der Waals surface area contributed by atoms with Gasteiger partial charge in [0.25, 0.3) is 0 Å². The van der Waals surface area contributed by atoms with Crippen molar-refractivity contribution < 1.29 is 19.4 Å². The van der Waals surface area contributed by atoms with Gasteiger partial charge in [0.05, 0.1) is 4.83 Å². The Labute approximate surface area is 163 Å². The van der Waals surface area contributed by atoms with Crippen molar-refractivity contribution in [3.05, 3.63) is 11.6 Å². The minimum Gasteiger partial charge on any atom is -0.432 e. The second kappa shape index (κ2) is 5.91. The van der Waals surface area contributed by atoms with E-state index < -0.39 is 17.2 Å². The van der Waals surface area contributed by atoms with Gasteiger partial charge in [0.15, 0.2) is 5.78 Å². The van der Waals surface area contributed by atoms with Crippen LogP contribution in [0.15, 0.2) is 11.6 Å². The Hall–Kier alpha value is -0.680. The molecule has 5 heteroatoms. The Balaban J connectivity index is 1.69. The summed E-state index contributed by atoms with van der Waals surface area (Å²) in [4.78, 5) is 23.4. The third-order valence-electron chi connectivity index (χ3n) is 8.35. The lowest BCUT2D eigenvalue weighted by Crippen LogP contribution is -2.57. The lowest BCUT2D eigenvalue weighted by molar-refractivity contribution is -0.260. The van der Waals surface area contributed by atoms with E-state index >= 15 is 0 Å². The molecule has 4 aliphatic rings. The van der Waals surface area contributed by atoms with Gasteiger partial charge >= 0.3 is 5.97 Å². The van der Waals surface area contributed by atoms with Crippen LogP contribution in [0, 0.1) is 28.6 Å². The number of ether oxygens (including phenoxy) is 1. The third-order valence-corrected chi connectivity index (χ3v) is 9.35. The minimum absolute atomic E-state index is 0.113. The molecular weight excluding hydrogens is 396 g/mol. The maximum absolute atomic E-state index is 11.9. The Bertz CT molecular complexity index is 687. The number of rotatable bonds is 1. The molecule has 3 saturated carbocycles. The number of carbonyl (C=O) groups is 2. The second-order valence-corrected chi connectivity index (χ2v) is 10.5. The molecular formula is C21H29BrO4. The van der Waals surface area contributed by atoms with Gasteiger partial charge in [-0.1, -0.05) is 35.4 Å². The van der Waals surface area contributed by atoms with E-state index in [1.165, 1.54) is 12.5 Å². The van der Waals surface area contributed by atoms with Crippen LogP contribution in [0.2, 0.25) is 0 Å². The van der Waals surface area contributed by atoms with Crippen LogP contribution in [0.25, 0.3) is 0 Å². The highest BCUT2D eigenvalue weighted by atomic mass is 79.9. The lowest BCUT2D eigenvalue weighted by atomic mass is 9.47. The molecule has 0 aromatic rings. The summed E-state index contributed by atoms with van der Waals surface area (Å²) in [6.45, 7) is 5.83. The summed E-state index contributed by atoms with van der Waals surface area (Å²) in [5.41, 5.74) is 1.04. The summed E-state index contributed by atoms with van der Waals surface area (Å²) >= 11 is 3.64. The first-order valence-corrected chi connectivity index (χ1v) is 10.8. The smallest absolute Gasteiger partial charge is 0.305 e. The van der Waals surface area contributed by atoms with Crippen molar-refractivity contribution in [3.63, 3.8) is 0 Å². The van der Waals surface area contributed by atoms with Gasteiger partial charge in [0.2, 0.25) is 5.79 Å². The summed E-state index contributed by atoms with van der Waals surface area (Å²) in [6, 6.07) is 0. The Kier molecular flexibility index (Phi) is 4.24. The van der Waals surface area contributed by atoms with E-state index in [1.807, 2.05) is 6.08 Å². The van der Waals surface area contributed by atoms with Crippen LogP contribution in [0.5, 0.6) is 0 Å². The highest BCUT2D eigenvalue weighted by molar-refractivity contribution is 9.09. The summed E-state index contributed by atoms with van der Waals surface area (Å²) in [5, 5.41) is 11.4. The number of carbonyl (C=O) groups excluding carboxylic acids is 2. The van der Waals surface area contributed by atoms with E-state index in [9.17, 15) is 14.7 Å². The number of hydrogen-bond acceptors (Lipinski definition) is 4. The van der Waals surface area contributed by atoms with E-state index in [0.29, 0.717) is 24.2 Å². The largest absolute Gasteiger partial charge is 0.432 e. The van der Waals surface area contributed by atoms with Crippen molar-refractivity contribution in [3.8, 4) is 0 Å².